The summed E-state index contributed by atoms with van der Waals surface area (Å²) < 4.78 is 6.62. The van der Waals surface area contributed by atoms with Gasteiger partial charge in [0.25, 0.3) is 5.91 Å². The highest BCUT2D eigenvalue weighted by molar-refractivity contribution is 9.10. The molecule has 6 heteroatoms. The van der Waals surface area contributed by atoms with Gasteiger partial charge in [-0.2, -0.15) is 0 Å². The molecule has 0 saturated heterocycles. The van der Waals surface area contributed by atoms with Crippen LogP contribution in [0.4, 0.5) is 0 Å². The van der Waals surface area contributed by atoms with Gasteiger partial charge in [0.05, 0.1) is 4.47 Å². The SMILES string of the molecule is O=C(NCc1ccc2c(Br)c(OC(Cc3ccccc3)C(=O)O)ccc2c1)c1ccc(C2CCCCC2)cc1. The van der Waals surface area contributed by atoms with Crippen LogP contribution in [0.2, 0.25) is 0 Å². The smallest absolute Gasteiger partial charge is 0.345 e. The number of carboxylic acid groups (broad SMARTS) is 1. The summed E-state index contributed by atoms with van der Waals surface area (Å²) in [5.41, 5.74) is 3.88. The molecule has 1 unspecified atom stereocenters. The average Bonchev–Trinajstić information content (AvgIpc) is 2.98. The minimum atomic E-state index is -1.01. The molecule has 0 aliphatic heterocycles. The molecule has 4 aromatic rings. The number of carbonyl (C=O) groups excluding carboxylic acids is 1. The second-order valence-electron chi connectivity index (χ2n) is 10.2. The standard InChI is InChI=1S/C33H32BrNO4/c34-31-28-17-11-23(21-35-32(36)26-14-12-25(13-15-26)24-9-5-2-6-10-24)19-27(28)16-18-29(31)39-30(33(37)38)20-22-7-3-1-4-8-22/h1,3-4,7-8,11-19,24,30H,2,5-6,9-10,20-21H2,(H,35,36)(H,37,38). The number of fused-ring (bicyclic) bond motifs is 1. The molecule has 200 valence electrons. The first-order valence-electron chi connectivity index (χ1n) is 13.5. The van der Waals surface area contributed by atoms with E-state index in [1.54, 1.807) is 6.07 Å². The maximum absolute atomic E-state index is 12.8. The molecule has 1 aliphatic rings. The van der Waals surface area contributed by atoms with Gasteiger partial charge in [-0.15, -0.1) is 0 Å². The zero-order chi connectivity index (χ0) is 27.2. The first-order valence-corrected chi connectivity index (χ1v) is 14.3. The lowest BCUT2D eigenvalue weighted by molar-refractivity contribution is -0.145. The quantitative estimate of drug-likeness (QED) is 0.211. The fourth-order valence-corrected chi connectivity index (χ4v) is 5.90. The number of amides is 1. The molecular weight excluding hydrogens is 554 g/mol. The number of ether oxygens (including phenoxy) is 1. The maximum atomic E-state index is 12.8. The summed E-state index contributed by atoms with van der Waals surface area (Å²) >= 11 is 3.61. The number of carbonyl (C=O) groups is 2. The molecule has 1 amide bonds. The molecule has 1 aliphatic carbocycles. The van der Waals surface area contributed by atoms with E-state index in [1.807, 2.05) is 66.7 Å². The molecule has 0 radical (unpaired) electrons. The lowest BCUT2D eigenvalue weighted by atomic mass is 9.84. The third-order valence-corrected chi connectivity index (χ3v) is 8.31. The van der Waals surface area contributed by atoms with Gasteiger partial charge in [-0.3, -0.25) is 4.79 Å². The zero-order valence-corrected chi connectivity index (χ0v) is 23.3. The van der Waals surface area contributed by atoms with Gasteiger partial charge in [0, 0.05) is 18.5 Å². The normalized spacial score (nSPS) is 14.6. The summed E-state index contributed by atoms with van der Waals surface area (Å²) in [4.78, 5) is 24.6. The summed E-state index contributed by atoms with van der Waals surface area (Å²) in [6.07, 6.45) is 5.66. The van der Waals surface area contributed by atoms with Gasteiger partial charge in [-0.25, -0.2) is 4.79 Å². The second kappa shape index (κ2) is 12.5. The molecule has 0 aromatic heterocycles. The topological polar surface area (TPSA) is 75.6 Å². The van der Waals surface area contributed by atoms with Crippen LogP contribution in [0, 0.1) is 0 Å². The molecule has 0 bridgehead atoms. The predicted octanol–water partition coefficient (Wildman–Crippen LogP) is 7.65. The molecule has 1 saturated carbocycles. The van der Waals surface area contributed by atoms with E-state index in [-0.39, 0.29) is 12.3 Å². The van der Waals surface area contributed by atoms with Gasteiger partial charge < -0.3 is 15.2 Å². The molecule has 5 rings (SSSR count). The Bertz CT molecular complexity index is 1450. The van der Waals surface area contributed by atoms with E-state index in [9.17, 15) is 14.7 Å². The lowest BCUT2D eigenvalue weighted by Crippen LogP contribution is -2.29. The highest BCUT2D eigenvalue weighted by atomic mass is 79.9. The Morgan fingerprint density at radius 2 is 1.64 bits per heavy atom. The third-order valence-electron chi connectivity index (χ3n) is 7.49. The Kier molecular flexibility index (Phi) is 8.62. The van der Waals surface area contributed by atoms with Crippen LogP contribution in [-0.4, -0.2) is 23.1 Å². The number of carboxylic acids is 1. The highest BCUT2D eigenvalue weighted by Gasteiger charge is 2.22. The van der Waals surface area contributed by atoms with Crippen molar-refractivity contribution in [1.29, 1.82) is 0 Å². The van der Waals surface area contributed by atoms with Crippen LogP contribution in [0.5, 0.6) is 5.75 Å². The van der Waals surface area contributed by atoms with Crippen LogP contribution in [0.3, 0.4) is 0 Å². The fraction of sp³-hybridized carbons (Fsp3) is 0.273. The largest absolute Gasteiger partial charge is 0.478 e. The van der Waals surface area contributed by atoms with Gasteiger partial charge in [-0.1, -0.05) is 79.9 Å². The van der Waals surface area contributed by atoms with Crippen LogP contribution in [0.1, 0.15) is 65.1 Å². The average molecular weight is 587 g/mol. The van der Waals surface area contributed by atoms with Crippen molar-refractivity contribution in [2.24, 2.45) is 0 Å². The minimum Gasteiger partial charge on any atom is -0.478 e. The third kappa shape index (κ3) is 6.69. The number of aliphatic carboxylic acids is 1. The van der Waals surface area contributed by atoms with Gasteiger partial charge >= 0.3 is 5.97 Å². The van der Waals surface area contributed by atoms with Crippen molar-refractivity contribution >= 4 is 38.6 Å². The molecule has 2 N–H and O–H groups in total. The van der Waals surface area contributed by atoms with Crippen LogP contribution in [-0.2, 0) is 17.8 Å². The number of hydrogen-bond acceptors (Lipinski definition) is 3. The molecule has 0 spiro atoms. The number of hydrogen-bond donors (Lipinski definition) is 2. The Morgan fingerprint density at radius 3 is 2.36 bits per heavy atom. The van der Waals surface area contributed by atoms with Crippen molar-refractivity contribution in [1.82, 2.24) is 5.32 Å². The van der Waals surface area contributed by atoms with E-state index in [0.29, 0.717) is 28.2 Å². The molecule has 4 aromatic carbocycles. The first kappa shape index (κ1) is 26.9. The number of halogens is 1. The maximum Gasteiger partial charge on any atom is 0.345 e. The summed E-state index contributed by atoms with van der Waals surface area (Å²) in [5, 5.41) is 14.6. The molecule has 39 heavy (non-hydrogen) atoms. The van der Waals surface area contributed by atoms with Crippen LogP contribution in [0.15, 0.2) is 89.4 Å². The van der Waals surface area contributed by atoms with Crippen LogP contribution >= 0.6 is 15.9 Å². The van der Waals surface area contributed by atoms with Crippen molar-refractivity contribution in [2.45, 2.75) is 57.1 Å². The van der Waals surface area contributed by atoms with Gasteiger partial charge in [0.1, 0.15) is 5.75 Å². The van der Waals surface area contributed by atoms with Crippen LogP contribution < -0.4 is 10.1 Å². The summed E-state index contributed by atoms with van der Waals surface area (Å²) in [5.74, 6) is -0.00459. The summed E-state index contributed by atoms with van der Waals surface area (Å²) in [6.45, 7) is 0.410. The summed E-state index contributed by atoms with van der Waals surface area (Å²) in [6, 6.07) is 27.1. The van der Waals surface area contributed by atoms with Gasteiger partial charge in [0.15, 0.2) is 6.10 Å². The monoisotopic (exact) mass is 585 g/mol. The molecule has 1 fully saturated rings. The Balaban J connectivity index is 1.23. The van der Waals surface area contributed by atoms with Crippen LogP contribution in [0.25, 0.3) is 10.8 Å². The van der Waals surface area contributed by atoms with Gasteiger partial charge in [-0.05, 0) is 86.4 Å². The van der Waals surface area contributed by atoms with E-state index >= 15 is 0 Å². The Labute approximate surface area is 237 Å². The highest BCUT2D eigenvalue weighted by Crippen LogP contribution is 2.35. The molecule has 1 atom stereocenters. The van der Waals surface area contributed by atoms with E-state index in [1.165, 1.54) is 37.7 Å². The number of rotatable bonds is 9. The van der Waals surface area contributed by atoms with E-state index in [2.05, 4.69) is 33.4 Å². The number of nitrogens with one attached hydrogen (secondary N) is 1. The van der Waals surface area contributed by atoms with E-state index in [4.69, 9.17) is 4.74 Å². The predicted molar refractivity (Wildman–Crippen MR) is 157 cm³/mol. The van der Waals surface area contributed by atoms with Crippen molar-refractivity contribution in [2.75, 3.05) is 0 Å². The Hall–Kier alpha value is -3.64. The first-order chi connectivity index (χ1) is 19.0. The fourth-order valence-electron chi connectivity index (χ4n) is 5.31. The molecule has 5 nitrogen and oxygen atoms in total. The minimum absolute atomic E-state index is 0.0895. The Morgan fingerprint density at radius 1 is 0.897 bits per heavy atom. The second-order valence-corrected chi connectivity index (χ2v) is 11.0. The van der Waals surface area contributed by atoms with Crippen molar-refractivity contribution in [3.8, 4) is 5.75 Å². The molecule has 0 heterocycles. The van der Waals surface area contributed by atoms with Crippen molar-refractivity contribution in [3.05, 3.63) is 112 Å². The van der Waals surface area contributed by atoms with Crippen molar-refractivity contribution in [3.63, 3.8) is 0 Å². The molecular formula is C33H32BrNO4. The van der Waals surface area contributed by atoms with E-state index in [0.717, 1.165) is 21.9 Å². The number of benzene rings is 4. The van der Waals surface area contributed by atoms with Gasteiger partial charge in [0.2, 0.25) is 0 Å². The van der Waals surface area contributed by atoms with Crippen molar-refractivity contribution < 1.29 is 19.4 Å². The zero-order valence-electron chi connectivity index (χ0n) is 21.7. The summed E-state index contributed by atoms with van der Waals surface area (Å²) in [7, 11) is 0. The van der Waals surface area contributed by atoms with E-state index < -0.39 is 12.1 Å². The lowest BCUT2D eigenvalue weighted by Gasteiger charge is -2.22.